The first kappa shape index (κ1) is 33.2. The molecule has 0 fully saturated rings. The zero-order valence-electron chi connectivity index (χ0n) is 21.7. The number of hydrogen-bond donors (Lipinski definition) is 2. The van der Waals surface area contributed by atoms with E-state index >= 15 is 0 Å². The van der Waals surface area contributed by atoms with E-state index in [1.165, 1.54) is 71.3 Å². The van der Waals surface area contributed by atoms with Gasteiger partial charge in [-0.1, -0.05) is 70.6 Å². The number of esters is 1. The highest BCUT2D eigenvalue weighted by Gasteiger charge is 1.99. The highest BCUT2D eigenvalue weighted by Crippen LogP contribution is 2.13. The fraction of sp³-hybridized carbons (Fsp3) is 0.960. The van der Waals surface area contributed by atoms with Gasteiger partial charge in [0.15, 0.2) is 0 Å². The van der Waals surface area contributed by atoms with E-state index in [4.69, 9.17) is 24.9 Å². The Hall–Kier alpha value is -0.810. The first-order valence-electron chi connectivity index (χ1n) is 13.3. The Labute approximate surface area is 207 Å². The van der Waals surface area contributed by atoms with Crippen molar-refractivity contribution in [3.8, 4) is 0 Å². The van der Waals surface area contributed by atoms with Crippen LogP contribution < -0.4 is 11.4 Å². The molecule has 34 heavy (non-hydrogen) atoms. The molecular formula is C25H52N2O7. The summed E-state index contributed by atoms with van der Waals surface area (Å²) in [5.74, 6) is 4.80. The predicted molar refractivity (Wildman–Crippen MR) is 133 cm³/mol. The maximum Gasteiger partial charge on any atom is 0.305 e. The second kappa shape index (κ2) is 30.2. The van der Waals surface area contributed by atoms with Crippen LogP contribution in [0.1, 0.15) is 89.9 Å². The zero-order chi connectivity index (χ0) is 24.8. The molecule has 0 aliphatic heterocycles. The van der Waals surface area contributed by atoms with E-state index in [1.807, 2.05) is 0 Å². The lowest BCUT2D eigenvalue weighted by molar-refractivity contribution is -0.140. The van der Waals surface area contributed by atoms with Crippen molar-refractivity contribution in [3.05, 3.63) is 0 Å². The van der Waals surface area contributed by atoms with Crippen LogP contribution in [0.4, 0.5) is 0 Å². The molecule has 0 bridgehead atoms. The molecule has 0 spiro atoms. The first-order valence-corrected chi connectivity index (χ1v) is 13.3. The molecule has 0 aromatic heterocycles. The van der Waals surface area contributed by atoms with Crippen LogP contribution in [-0.4, -0.2) is 72.5 Å². The summed E-state index contributed by atoms with van der Waals surface area (Å²) in [7, 11) is 1.46. The molecule has 0 amide bonds. The molecule has 0 aliphatic carbocycles. The molecule has 0 rings (SSSR count). The van der Waals surface area contributed by atoms with E-state index in [1.54, 1.807) is 0 Å². The van der Waals surface area contributed by atoms with Crippen LogP contribution in [-0.2, 0) is 33.4 Å². The van der Waals surface area contributed by atoms with Gasteiger partial charge in [0.2, 0.25) is 0 Å². The van der Waals surface area contributed by atoms with Gasteiger partial charge in [0.1, 0.15) is 0 Å². The van der Waals surface area contributed by atoms with Gasteiger partial charge in [0.05, 0.1) is 60.0 Å². The normalized spacial score (nSPS) is 11.2. The van der Waals surface area contributed by atoms with E-state index in [-0.39, 0.29) is 5.97 Å². The Bertz CT molecular complexity index is 403. The van der Waals surface area contributed by atoms with E-state index in [9.17, 15) is 4.79 Å². The van der Waals surface area contributed by atoms with Gasteiger partial charge in [-0.2, -0.15) is 0 Å². The number of rotatable bonds is 29. The van der Waals surface area contributed by atoms with E-state index in [0.29, 0.717) is 59.3 Å². The maximum atomic E-state index is 11.0. The van der Waals surface area contributed by atoms with Gasteiger partial charge >= 0.3 is 5.97 Å². The number of hydrogen-bond acceptors (Lipinski definition) is 9. The Morgan fingerprint density at radius 1 is 0.588 bits per heavy atom. The van der Waals surface area contributed by atoms with Crippen LogP contribution in [0.2, 0.25) is 0 Å². The van der Waals surface area contributed by atoms with E-state index in [2.05, 4.69) is 15.1 Å². The summed E-state index contributed by atoms with van der Waals surface area (Å²) in [6.45, 7) is 5.00. The van der Waals surface area contributed by atoms with Crippen molar-refractivity contribution < 1.29 is 33.4 Å². The number of carbonyl (C=O) groups is 1. The predicted octanol–water partition coefficient (Wildman–Crippen LogP) is 4.08. The van der Waals surface area contributed by atoms with Crippen molar-refractivity contribution in [1.29, 1.82) is 0 Å². The summed E-state index contributed by atoms with van der Waals surface area (Å²) in [6.07, 6.45) is 16.9. The average molecular weight is 493 g/mol. The molecule has 9 heteroatoms. The molecule has 0 aromatic carbocycles. The lowest BCUT2D eigenvalue weighted by atomic mass is 10.0. The molecule has 0 saturated carbocycles. The molecule has 9 nitrogen and oxygen atoms in total. The third-order valence-corrected chi connectivity index (χ3v) is 5.41. The smallest absolute Gasteiger partial charge is 0.305 e. The number of nitrogens with one attached hydrogen (secondary N) is 1. The molecule has 0 aromatic rings. The minimum absolute atomic E-state index is 0.0850. The SMILES string of the molecule is COC(=O)CCCCCCCCCCCCCCCNOCCOCCOCCOCCON. The zero-order valence-corrected chi connectivity index (χ0v) is 21.7. The highest BCUT2D eigenvalue weighted by molar-refractivity contribution is 5.68. The molecule has 0 radical (unpaired) electrons. The molecule has 204 valence electrons. The summed E-state index contributed by atoms with van der Waals surface area (Å²) in [4.78, 5) is 20.8. The van der Waals surface area contributed by atoms with E-state index in [0.717, 1.165) is 25.8 Å². The summed E-state index contributed by atoms with van der Waals surface area (Å²) < 4.78 is 20.7. The number of carbonyl (C=O) groups excluding carboxylic acids is 1. The van der Waals surface area contributed by atoms with Crippen molar-refractivity contribution in [2.75, 3.05) is 66.5 Å². The second-order valence-electron chi connectivity index (χ2n) is 8.37. The van der Waals surface area contributed by atoms with Crippen molar-refractivity contribution >= 4 is 5.97 Å². The minimum Gasteiger partial charge on any atom is -0.469 e. The third-order valence-electron chi connectivity index (χ3n) is 5.41. The molecular weight excluding hydrogens is 440 g/mol. The van der Waals surface area contributed by atoms with Gasteiger partial charge in [-0.05, 0) is 12.8 Å². The van der Waals surface area contributed by atoms with Crippen molar-refractivity contribution in [1.82, 2.24) is 5.48 Å². The van der Waals surface area contributed by atoms with Crippen LogP contribution in [0.3, 0.4) is 0 Å². The monoisotopic (exact) mass is 492 g/mol. The maximum absolute atomic E-state index is 11.0. The molecule has 0 aliphatic rings. The Morgan fingerprint density at radius 2 is 1.00 bits per heavy atom. The topological polar surface area (TPSA) is 111 Å². The fourth-order valence-electron chi connectivity index (χ4n) is 3.41. The van der Waals surface area contributed by atoms with Gasteiger partial charge < -0.3 is 23.8 Å². The third kappa shape index (κ3) is 29.2. The van der Waals surface area contributed by atoms with Crippen LogP contribution >= 0.6 is 0 Å². The second-order valence-corrected chi connectivity index (χ2v) is 8.37. The minimum atomic E-state index is -0.0850. The van der Waals surface area contributed by atoms with Crippen LogP contribution in [0.15, 0.2) is 0 Å². The highest BCUT2D eigenvalue weighted by atomic mass is 16.7. The molecule has 0 saturated heterocycles. The Balaban J connectivity index is 3.02. The number of nitrogens with two attached hydrogens (primary N) is 1. The van der Waals surface area contributed by atoms with Crippen LogP contribution in [0.5, 0.6) is 0 Å². The fourth-order valence-corrected chi connectivity index (χ4v) is 3.41. The van der Waals surface area contributed by atoms with Crippen LogP contribution in [0, 0.1) is 0 Å². The Morgan fingerprint density at radius 3 is 1.47 bits per heavy atom. The van der Waals surface area contributed by atoms with Gasteiger partial charge in [0.25, 0.3) is 0 Å². The first-order chi connectivity index (χ1) is 16.8. The quantitative estimate of drug-likeness (QED) is 0.0906. The molecule has 0 unspecified atom stereocenters. The molecule has 3 N–H and O–H groups in total. The van der Waals surface area contributed by atoms with Crippen molar-refractivity contribution in [3.63, 3.8) is 0 Å². The molecule has 0 atom stereocenters. The van der Waals surface area contributed by atoms with Gasteiger partial charge in [-0.3, -0.25) is 9.63 Å². The number of unbranched alkanes of at least 4 members (excludes halogenated alkanes) is 12. The summed E-state index contributed by atoms with van der Waals surface area (Å²) in [5, 5.41) is 0. The molecule has 0 heterocycles. The lowest BCUT2D eigenvalue weighted by Crippen LogP contribution is -2.20. The average Bonchev–Trinajstić information content (AvgIpc) is 2.85. The number of hydroxylamine groups is 1. The summed E-state index contributed by atoms with van der Waals surface area (Å²) in [6, 6.07) is 0. The number of ether oxygens (including phenoxy) is 4. The van der Waals surface area contributed by atoms with Crippen molar-refractivity contribution in [2.24, 2.45) is 5.90 Å². The van der Waals surface area contributed by atoms with Gasteiger partial charge in [-0.25, -0.2) is 11.4 Å². The summed E-state index contributed by atoms with van der Waals surface area (Å²) >= 11 is 0. The van der Waals surface area contributed by atoms with E-state index < -0.39 is 0 Å². The Kier molecular flexibility index (Phi) is 29.5. The van der Waals surface area contributed by atoms with Crippen LogP contribution in [0.25, 0.3) is 0 Å². The van der Waals surface area contributed by atoms with Gasteiger partial charge in [0, 0.05) is 13.0 Å². The summed E-state index contributed by atoms with van der Waals surface area (Å²) in [5.41, 5.74) is 3.00. The standard InChI is InChI=1S/C25H52N2O7/c1-29-25(28)15-13-11-9-7-5-3-2-4-6-8-10-12-14-16-27-34-24-22-32-20-18-30-17-19-31-21-23-33-26/h27H,2-24,26H2,1H3. The largest absolute Gasteiger partial charge is 0.469 e. The lowest BCUT2D eigenvalue weighted by Gasteiger charge is -2.08. The number of methoxy groups -OCH3 is 1. The van der Waals surface area contributed by atoms with Gasteiger partial charge in [-0.15, -0.1) is 0 Å². The van der Waals surface area contributed by atoms with Crippen molar-refractivity contribution in [2.45, 2.75) is 89.9 Å².